The molecule has 2 aromatic rings. The van der Waals surface area contributed by atoms with Crippen molar-refractivity contribution in [1.29, 1.82) is 5.26 Å². The average Bonchev–Trinajstić information content (AvgIpc) is 2.39. The number of hydrogen-bond acceptors (Lipinski definition) is 3. The predicted molar refractivity (Wildman–Crippen MR) is 63.4 cm³/mol. The van der Waals surface area contributed by atoms with E-state index in [1.807, 2.05) is 18.2 Å². The van der Waals surface area contributed by atoms with Crippen LogP contribution in [0, 0.1) is 11.3 Å². The molecular formula is C13H11N3O. The maximum Gasteiger partial charge on any atom is 0.268 e. The highest BCUT2D eigenvalue weighted by Crippen LogP contribution is 1.99. The van der Waals surface area contributed by atoms with Gasteiger partial charge in [0.05, 0.1) is 0 Å². The molecule has 0 amide bonds. The summed E-state index contributed by atoms with van der Waals surface area (Å²) in [4.78, 5) is 15.8. The summed E-state index contributed by atoms with van der Waals surface area (Å²) >= 11 is 0. The summed E-state index contributed by atoms with van der Waals surface area (Å²) in [5.41, 5.74) is 1.01. The maximum atomic E-state index is 11.7. The van der Waals surface area contributed by atoms with Crippen LogP contribution in [0.1, 0.15) is 11.1 Å². The fraction of sp³-hybridized carbons (Fsp3) is 0.154. The normalized spacial score (nSPS) is 9.82. The average molecular weight is 225 g/mol. The van der Waals surface area contributed by atoms with Crippen molar-refractivity contribution in [2.45, 2.75) is 13.0 Å². The molecule has 0 saturated carbocycles. The molecule has 0 aliphatic carbocycles. The second kappa shape index (κ2) is 5.08. The lowest BCUT2D eigenvalue weighted by atomic mass is 10.2. The van der Waals surface area contributed by atoms with Crippen molar-refractivity contribution in [3.8, 4) is 6.07 Å². The first-order valence-electron chi connectivity index (χ1n) is 5.30. The highest BCUT2D eigenvalue weighted by Gasteiger charge is 2.01. The highest BCUT2D eigenvalue weighted by atomic mass is 16.1. The van der Waals surface area contributed by atoms with Crippen LogP contribution in [0.2, 0.25) is 0 Å². The second-order valence-corrected chi connectivity index (χ2v) is 3.64. The largest absolute Gasteiger partial charge is 0.314 e. The van der Waals surface area contributed by atoms with Crippen LogP contribution < -0.4 is 5.56 Å². The summed E-state index contributed by atoms with van der Waals surface area (Å²) in [5, 5.41) is 8.75. The van der Waals surface area contributed by atoms with Crippen LogP contribution >= 0.6 is 0 Å². The van der Waals surface area contributed by atoms with Gasteiger partial charge in [-0.05, 0) is 30.2 Å². The minimum absolute atomic E-state index is 0.179. The molecule has 2 heterocycles. The monoisotopic (exact) mass is 225 g/mol. The molecule has 0 aliphatic rings. The van der Waals surface area contributed by atoms with Crippen LogP contribution in [-0.4, -0.2) is 9.55 Å². The Morgan fingerprint density at radius 1 is 1.35 bits per heavy atom. The third kappa shape index (κ3) is 2.58. The Balaban J connectivity index is 2.16. The standard InChI is InChI=1S/C13H11N3O/c14-9-12-4-2-7-16(13(12)17)8-5-11-3-1-6-15-10-11/h1-4,6-7,10H,5,8H2. The smallest absolute Gasteiger partial charge is 0.268 e. The first-order valence-corrected chi connectivity index (χ1v) is 5.30. The van der Waals surface area contributed by atoms with Crippen molar-refractivity contribution in [1.82, 2.24) is 9.55 Å². The summed E-state index contributed by atoms with van der Waals surface area (Å²) in [7, 11) is 0. The third-order valence-corrected chi connectivity index (χ3v) is 2.50. The van der Waals surface area contributed by atoms with Gasteiger partial charge in [0.25, 0.3) is 5.56 Å². The molecule has 0 aromatic carbocycles. The van der Waals surface area contributed by atoms with Crippen molar-refractivity contribution in [2.75, 3.05) is 0 Å². The molecule has 0 atom stereocenters. The van der Waals surface area contributed by atoms with Gasteiger partial charge in [-0.25, -0.2) is 0 Å². The molecule has 4 nitrogen and oxygen atoms in total. The van der Waals surface area contributed by atoms with Gasteiger partial charge < -0.3 is 4.57 Å². The van der Waals surface area contributed by atoms with Gasteiger partial charge in [-0.2, -0.15) is 5.26 Å². The molecule has 0 aliphatic heterocycles. The molecule has 84 valence electrons. The minimum Gasteiger partial charge on any atom is -0.314 e. The van der Waals surface area contributed by atoms with Gasteiger partial charge in [0.15, 0.2) is 0 Å². The molecule has 0 bridgehead atoms. The van der Waals surface area contributed by atoms with E-state index in [-0.39, 0.29) is 11.1 Å². The maximum absolute atomic E-state index is 11.7. The van der Waals surface area contributed by atoms with Gasteiger partial charge in [-0.15, -0.1) is 0 Å². The number of nitriles is 1. The van der Waals surface area contributed by atoms with E-state index in [1.165, 1.54) is 6.07 Å². The topological polar surface area (TPSA) is 58.7 Å². The Morgan fingerprint density at radius 3 is 2.94 bits per heavy atom. The Hall–Kier alpha value is -2.41. The van der Waals surface area contributed by atoms with Crippen LogP contribution in [0.4, 0.5) is 0 Å². The van der Waals surface area contributed by atoms with E-state index in [0.717, 1.165) is 12.0 Å². The van der Waals surface area contributed by atoms with Gasteiger partial charge in [0.2, 0.25) is 0 Å². The molecule has 0 unspecified atom stereocenters. The van der Waals surface area contributed by atoms with E-state index < -0.39 is 0 Å². The summed E-state index contributed by atoms with van der Waals surface area (Å²) in [6.45, 7) is 0.556. The number of nitrogens with zero attached hydrogens (tertiary/aromatic N) is 3. The van der Waals surface area contributed by atoms with Gasteiger partial charge in [0, 0.05) is 25.1 Å². The molecule has 0 N–H and O–H groups in total. The van der Waals surface area contributed by atoms with Crippen molar-refractivity contribution >= 4 is 0 Å². The molecule has 0 radical (unpaired) electrons. The Kier molecular flexibility index (Phi) is 3.31. The fourth-order valence-electron chi connectivity index (χ4n) is 1.59. The van der Waals surface area contributed by atoms with E-state index in [0.29, 0.717) is 6.54 Å². The van der Waals surface area contributed by atoms with Gasteiger partial charge in [-0.3, -0.25) is 9.78 Å². The molecule has 4 heteroatoms. The molecule has 2 aromatic heterocycles. The van der Waals surface area contributed by atoms with Gasteiger partial charge in [-0.1, -0.05) is 6.07 Å². The van der Waals surface area contributed by atoms with Crippen molar-refractivity contribution in [3.05, 3.63) is 64.3 Å². The van der Waals surface area contributed by atoms with Gasteiger partial charge >= 0.3 is 0 Å². The van der Waals surface area contributed by atoms with Crippen molar-refractivity contribution in [2.24, 2.45) is 0 Å². The fourth-order valence-corrected chi connectivity index (χ4v) is 1.59. The molecular weight excluding hydrogens is 214 g/mol. The van der Waals surface area contributed by atoms with Crippen LogP contribution in [0.15, 0.2) is 47.7 Å². The van der Waals surface area contributed by atoms with E-state index >= 15 is 0 Å². The Bertz CT molecular complexity index is 596. The zero-order valence-electron chi connectivity index (χ0n) is 9.21. The molecule has 17 heavy (non-hydrogen) atoms. The van der Waals surface area contributed by atoms with Gasteiger partial charge in [0.1, 0.15) is 11.6 Å². The molecule has 2 rings (SSSR count). The number of rotatable bonds is 3. The summed E-state index contributed by atoms with van der Waals surface area (Å²) in [5.74, 6) is 0. The lowest BCUT2D eigenvalue weighted by molar-refractivity contribution is 0.666. The van der Waals surface area contributed by atoms with E-state index in [2.05, 4.69) is 4.98 Å². The Labute approximate surface area is 98.8 Å². The van der Waals surface area contributed by atoms with E-state index in [9.17, 15) is 4.79 Å². The molecule has 0 saturated heterocycles. The first kappa shape index (κ1) is 11.1. The Morgan fingerprint density at radius 2 is 2.24 bits per heavy atom. The van der Waals surface area contributed by atoms with Crippen LogP contribution in [0.25, 0.3) is 0 Å². The van der Waals surface area contributed by atoms with E-state index in [1.54, 1.807) is 29.2 Å². The van der Waals surface area contributed by atoms with E-state index in [4.69, 9.17) is 5.26 Å². The third-order valence-electron chi connectivity index (χ3n) is 2.50. The first-order chi connectivity index (χ1) is 8.31. The van der Waals surface area contributed by atoms with Crippen LogP contribution in [-0.2, 0) is 13.0 Å². The zero-order chi connectivity index (χ0) is 12.1. The van der Waals surface area contributed by atoms with Crippen LogP contribution in [0.5, 0.6) is 0 Å². The lowest BCUT2D eigenvalue weighted by Crippen LogP contribution is -2.22. The predicted octanol–water partition coefficient (Wildman–Crippen LogP) is 1.36. The number of aryl methyl sites for hydroxylation is 2. The highest BCUT2D eigenvalue weighted by molar-refractivity contribution is 5.25. The van der Waals surface area contributed by atoms with Crippen molar-refractivity contribution in [3.63, 3.8) is 0 Å². The summed E-state index contributed by atoms with van der Waals surface area (Å²) < 4.78 is 1.55. The summed E-state index contributed by atoms with van der Waals surface area (Å²) in [6, 6.07) is 8.96. The number of pyridine rings is 2. The second-order valence-electron chi connectivity index (χ2n) is 3.64. The molecule has 0 fully saturated rings. The zero-order valence-corrected chi connectivity index (χ0v) is 9.21. The lowest BCUT2D eigenvalue weighted by Gasteiger charge is -2.05. The SMILES string of the molecule is N#Cc1cccn(CCc2cccnc2)c1=O. The quantitative estimate of drug-likeness (QED) is 0.792. The van der Waals surface area contributed by atoms with Crippen LogP contribution in [0.3, 0.4) is 0 Å². The summed E-state index contributed by atoms with van der Waals surface area (Å²) in [6.07, 6.45) is 5.91. The number of hydrogen-bond donors (Lipinski definition) is 0. The van der Waals surface area contributed by atoms with Crippen molar-refractivity contribution < 1.29 is 0 Å². The molecule has 0 spiro atoms. The number of aromatic nitrogens is 2. The minimum atomic E-state index is -0.237.